The van der Waals surface area contributed by atoms with Gasteiger partial charge in [0.2, 0.25) is 5.91 Å². The van der Waals surface area contributed by atoms with Crippen LogP contribution in [-0.4, -0.2) is 62.4 Å². The Kier molecular flexibility index (Phi) is 4.42. The predicted octanol–water partition coefficient (Wildman–Crippen LogP) is 0.346. The predicted molar refractivity (Wildman–Crippen MR) is 66.5 cm³/mol. The van der Waals surface area contributed by atoms with Crippen molar-refractivity contribution in [1.29, 1.82) is 0 Å². The second-order valence-electron chi connectivity index (χ2n) is 5.14. The molecule has 1 amide bonds. The molecular weight excluding hydrogens is 250 g/mol. The van der Waals surface area contributed by atoms with Gasteiger partial charge in [-0.25, -0.2) is 4.79 Å². The maximum atomic E-state index is 12.3. The highest BCUT2D eigenvalue weighted by atomic mass is 16.6. The largest absolute Gasteiger partial charge is 0.467 e. The van der Waals surface area contributed by atoms with Crippen LogP contribution in [0.4, 0.5) is 0 Å². The Morgan fingerprint density at radius 3 is 2.63 bits per heavy atom. The van der Waals surface area contributed by atoms with Gasteiger partial charge < -0.3 is 19.1 Å². The minimum Gasteiger partial charge on any atom is -0.467 e. The summed E-state index contributed by atoms with van der Waals surface area (Å²) in [6.45, 7) is 1.16. The molecule has 6 nitrogen and oxygen atoms in total. The Labute approximate surface area is 113 Å². The first-order valence-corrected chi connectivity index (χ1v) is 6.62. The van der Waals surface area contributed by atoms with Gasteiger partial charge in [-0.3, -0.25) is 4.79 Å². The summed E-state index contributed by atoms with van der Waals surface area (Å²) in [5.74, 6) is -0.402. The lowest BCUT2D eigenvalue weighted by molar-refractivity contribution is -0.165. The zero-order chi connectivity index (χ0) is 13.9. The SMILES string of the molecule is COC(=O)C1CN(C(=O)CC2(OC)CCC2)CCO1. The third-order valence-corrected chi connectivity index (χ3v) is 4.05. The molecule has 0 bridgehead atoms. The van der Waals surface area contributed by atoms with E-state index in [2.05, 4.69) is 4.74 Å². The van der Waals surface area contributed by atoms with Gasteiger partial charge in [0.1, 0.15) is 0 Å². The van der Waals surface area contributed by atoms with E-state index in [4.69, 9.17) is 9.47 Å². The molecule has 1 saturated carbocycles. The van der Waals surface area contributed by atoms with Gasteiger partial charge >= 0.3 is 5.97 Å². The summed E-state index contributed by atoms with van der Waals surface area (Å²) in [5, 5.41) is 0. The third-order valence-electron chi connectivity index (χ3n) is 4.05. The van der Waals surface area contributed by atoms with Crippen molar-refractivity contribution in [2.75, 3.05) is 33.9 Å². The summed E-state index contributed by atoms with van der Waals surface area (Å²) < 4.78 is 15.4. The van der Waals surface area contributed by atoms with Crippen molar-refractivity contribution >= 4 is 11.9 Å². The first-order valence-electron chi connectivity index (χ1n) is 6.62. The van der Waals surface area contributed by atoms with Gasteiger partial charge in [0.25, 0.3) is 0 Å². The van der Waals surface area contributed by atoms with Crippen LogP contribution in [0.1, 0.15) is 25.7 Å². The summed E-state index contributed by atoms with van der Waals surface area (Å²) >= 11 is 0. The maximum absolute atomic E-state index is 12.3. The molecular formula is C13H21NO5. The Morgan fingerprint density at radius 2 is 2.11 bits per heavy atom. The molecule has 0 aromatic heterocycles. The molecule has 2 aliphatic rings. The van der Waals surface area contributed by atoms with E-state index >= 15 is 0 Å². The molecule has 1 atom stereocenters. The van der Waals surface area contributed by atoms with Crippen LogP contribution in [0.25, 0.3) is 0 Å². The molecule has 0 aromatic rings. The zero-order valence-corrected chi connectivity index (χ0v) is 11.5. The van der Waals surface area contributed by atoms with E-state index in [1.807, 2.05) is 0 Å². The number of morpholine rings is 1. The van der Waals surface area contributed by atoms with E-state index in [1.54, 1.807) is 12.0 Å². The molecule has 0 spiro atoms. The lowest BCUT2D eigenvalue weighted by Gasteiger charge is -2.42. The second-order valence-corrected chi connectivity index (χ2v) is 5.14. The molecule has 108 valence electrons. The number of hydrogen-bond donors (Lipinski definition) is 0. The van der Waals surface area contributed by atoms with Crippen molar-refractivity contribution in [3.8, 4) is 0 Å². The fourth-order valence-electron chi connectivity index (χ4n) is 2.56. The Morgan fingerprint density at radius 1 is 1.37 bits per heavy atom. The molecule has 1 aliphatic carbocycles. The van der Waals surface area contributed by atoms with Crippen molar-refractivity contribution < 1.29 is 23.8 Å². The van der Waals surface area contributed by atoms with Crippen molar-refractivity contribution in [2.45, 2.75) is 37.4 Å². The van der Waals surface area contributed by atoms with Gasteiger partial charge in [0, 0.05) is 13.7 Å². The average Bonchev–Trinajstić information content (AvgIpc) is 2.41. The summed E-state index contributed by atoms with van der Waals surface area (Å²) in [5.41, 5.74) is -0.282. The normalized spacial score (nSPS) is 25.6. The number of methoxy groups -OCH3 is 2. The van der Waals surface area contributed by atoms with Crippen LogP contribution < -0.4 is 0 Å². The standard InChI is InChI=1S/C13H21NO5/c1-17-12(16)10-9-14(6-7-19-10)11(15)8-13(18-2)4-3-5-13/h10H,3-9H2,1-2H3. The zero-order valence-electron chi connectivity index (χ0n) is 11.5. The molecule has 19 heavy (non-hydrogen) atoms. The van der Waals surface area contributed by atoms with Gasteiger partial charge in [0.05, 0.1) is 32.3 Å². The molecule has 1 saturated heterocycles. The number of nitrogens with zero attached hydrogens (tertiary/aromatic N) is 1. The molecule has 1 aliphatic heterocycles. The van der Waals surface area contributed by atoms with Crippen LogP contribution in [0.2, 0.25) is 0 Å². The molecule has 0 radical (unpaired) electrons. The van der Waals surface area contributed by atoms with Crippen LogP contribution >= 0.6 is 0 Å². The monoisotopic (exact) mass is 271 g/mol. The Hall–Kier alpha value is -1.14. The molecule has 1 unspecified atom stereocenters. The highest BCUT2D eigenvalue weighted by Crippen LogP contribution is 2.38. The number of rotatable bonds is 4. The highest BCUT2D eigenvalue weighted by Gasteiger charge is 2.41. The van der Waals surface area contributed by atoms with Gasteiger partial charge in [-0.05, 0) is 19.3 Å². The average molecular weight is 271 g/mol. The number of carbonyl (C=O) groups is 2. The maximum Gasteiger partial charge on any atom is 0.336 e. The number of ether oxygens (including phenoxy) is 3. The van der Waals surface area contributed by atoms with E-state index in [0.717, 1.165) is 19.3 Å². The van der Waals surface area contributed by atoms with Gasteiger partial charge in [-0.15, -0.1) is 0 Å². The van der Waals surface area contributed by atoms with Crippen LogP contribution in [0.3, 0.4) is 0 Å². The van der Waals surface area contributed by atoms with Gasteiger partial charge in [0.15, 0.2) is 6.10 Å². The quantitative estimate of drug-likeness (QED) is 0.690. The van der Waals surface area contributed by atoms with E-state index < -0.39 is 12.1 Å². The Balaban J connectivity index is 1.90. The topological polar surface area (TPSA) is 65.1 Å². The first kappa shape index (κ1) is 14.3. The lowest BCUT2D eigenvalue weighted by Crippen LogP contribution is -2.52. The van der Waals surface area contributed by atoms with Crippen molar-refractivity contribution in [3.63, 3.8) is 0 Å². The number of hydrogen-bond acceptors (Lipinski definition) is 5. The first-order chi connectivity index (χ1) is 9.10. The summed E-state index contributed by atoms with van der Waals surface area (Å²) in [4.78, 5) is 25.4. The van der Waals surface area contributed by atoms with Crippen molar-refractivity contribution in [3.05, 3.63) is 0 Å². The second kappa shape index (κ2) is 5.88. The fraction of sp³-hybridized carbons (Fsp3) is 0.846. The minimum atomic E-state index is -0.664. The summed E-state index contributed by atoms with van der Waals surface area (Å²) in [6.07, 6.45) is 2.69. The number of esters is 1. The summed E-state index contributed by atoms with van der Waals surface area (Å²) in [6, 6.07) is 0. The van der Waals surface area contributed by atoms with Gasteiger partial charge in [-0.2, -0.15) is 0 Å². The minimum absolute atomic E-state index is 0.0266. The van der Waals surface area contributed by atoms with E-state index in [9.17, 15) is 9.59 Å². The van der Waals surface area contributed by atoms with Crippen LogP contribution in [0.5, 0.6) is 0 Å². The van der Waals surface area contributed by atoms with Crippen LogP contribution in [-0.2, 0) is 23.8 Å². The number of carbonyl (C=O) groups excluding carboxylic acids is 2. The lowest BCUT2D eigenvalue weighted by atomic mass is 9.77. The molecule has 2 fully saturated rings. The van der Waals surface area contributed by atoms with E-state index in [0.29, 0.717) is 19.6 Å². The molecule has 2 rings (SSSR count). The van der Waals surface area contributed by atoms with Crippen LogP contribution in [0.15, 0.2) is 0 Å². The van der Waals surface area contributed by atoms with E-state index in [-0.39, 0.29) is 18.1 Å². The Bertz CT molecular complexity index is 347. The third kappa shape index (κ3) is 3.06. The highest BCUT2D eigenvalue weighted by molar-refractivity contribution is 5.80. The number of amides is 1. The van der Waals surface area contributed by atoms with Crippen molar-refractivity contribution in [1.82, 2.24) is 4.90 Å². The molecule has 1 heterocycles. The molecule has 0 N–H and O–H groups in total. The fourth-order valence-corrected chi connectivity index (χ4v) is 2.56. The smallest absolute Gasteiger partial charge is 0.336 e. The summed E-state index contributed by atoms with van der Waals surface area (Å²) in [7, 11) is 2.98. The van der Waals surface area contributed by atoms with Crippen molar-refractivity contribution in [2.24, 2.45) is 0 Å². The van der Waals surface area contributed by atoms with Crippen LogP contribution in [0, 0.1) is 0 Å². The molecule has 6 heteroatoms. The van der Waals surface area contributed by atoms with E-state index in [1.165, 1.54) is 7.11 Å². The van der Waals surface area contributed by atoms with Gasteiger partial charge in [-0.1, -0.05) is 0 Å². The molecule has 0 aromatic carbocycles.